The number of H-pyrrole nitrogens is 1. The van der Waals surface area contributed by atoms with Crippen molar-refractivity contribution in [3.8, 4) is 0 Å². The number of hydrogen-bond acceptors (Lipinski definition) is 8. The smallest absolute Gasteiger partial charge is 0.407 e. The molecule has 12 nitrogen and oxygen atoms in total. The van der Waals surface area contributed by atoms with Gasteiger partial charge in [0.2, 0.25) is 5.28 Å². The highest BCUT2D eigenvalue weighted by Gasteiger charge is 2.35. The van der Waals surface area contributed by atoms with Crippen LogP contribution < -0.4 is 5.32 Å². The third-order valence-corrected chi connectivity index (χ3v) is 5.27. The van der Waals surface area contributed by atoms with Gasteiger partial charge >= 0.3 is 12.1 Å². The van der Waals surface area contributed by atoms with E-state index in [2.05, 4.69) is 20.3 Å². The molecule has 1 aromatic carbocycles. The summed E-state index contributed by atoms with van der Waals surface area (Å²) in [5.41, 5.74) is 0.498. The molecule has 4 rings (SSSR count). The van der Waals surface area contributed by atoms with Gasteiger partial charge in [-0.05, 0) is 29.8 Å². The maximum atomic E-state index is 12.6. The molecule has 3 N–H and O–H groups in total. The van der Waals surface area contributed by atoms with Gasteiger partial charge < -0.3 is 25.0 Å². The van der Waals surface area contributed by atoms with Crippen LogP contribution in [0.5, 0.6) is 0 Å². The molecule has 2 unspecified atom stereocenters. The van der Waals surface area contributed by atoms with E-state index in [9.17, 15) is 24.8 Å². The Labute approximate surface area is 185 Å². The highest BCUT2D eigenvalue weighted by Crippen LogP contribution is 2.25. The van der Waals surface area contributed by atoms with Crippen LogP contribution in [0.3, 0.4) is 0 Å². The number of rotatable bonds is 5. The third kappa shape index (κ3) is 4.39. The summed E-state index contributed by atoms with van der Waals surface area (Å²) in [6.07, 6.45) is 0.135. The van der Waals surface area contributed by atoms with Crippen LogP contribution in [0.2, 0.25) is 5.28 Å². The van der Waals surface area contributed by atoms with Crippen molar-refractivity contribution in [1.82, 2.24) is 19.9 Å². The van der Waals surface area contributed by atoms with E-state index in [1.165, 1.54) is 29.2 Å². The molecule has 2 aromatic heterocycles. The molecule has 0 aliphatic carbocycles. The van der Waals surface area contributed by atoms with Crippen molar-refractivity contribution in [1.29, 1.82) is 0 Å². The van der Waals surface area contributed by atoms with Crippen molar-refractivity contribution in [3.63, 3.8) is 0 Å². The van der Waals surface area contributed by atoms with E-state index in [1.807, 2.05) is 0 Å². The number of carboxylic acid groups (broad SMARTS) is 1. The Bertz CT molecular complexity index is 1180. The minimum Gasteiger partial charge on any atom is -0.465 e. The molecule has 0 radical (unpaired) electrons. The number of esters is 1. The maximum absolute atomic E-state index is 12.6. The second-order valence-corrected chi connectivity index (χ2v) is 7.44. The van der Waals surface area contributed by atoms with Crippen LogP contribution in [0.15, 0.2) is 36.5 Å². The van der Waals surface area contributed by atoms with Gasteiger partial charge in [-0.15, -0.1) is 0 Å². The number of anilines is 1. The quantitative estimate of drug-likeness (QED) is 0.224. The Morgan fingerprint density at radius 1 is 1.28 bits per heavy atom. The number of carbonyl (C=O) groups excluding carboxylic acids is 1. The SMILES string of the molecule is O=C(OC1CCN(C(=O)O)CC1Nc1nc(Cl)nc2[nH]ccc12)c1ccc([N+](=O)[O-])cc1. The van der Waals surface area contributed by atoms with Gasteiger partial charge in [-0.3, -0.25) is 10.1 Å². The number of nitro groups is 1. The van der Waals surface area contributed by atoms with Crippen LogP contribution in [-0.2, 0) is 4.74 Å². The summed E-state index contributed by atoms with van der Waals surface area (Å²) in [6, 6.07) is 6.16. The monoisotopic (exact) mass is 460 g/mol. The molecule has 0 spiro atoms. The molecule has 1 amide bonds. The fraction of sp³-hybridized carbons (Fsp3) is 0.263. The Morgan fingerprint density at radius 2 is 2.03 bits per heavy atom. The van der Waals surface area contributed by atoms with Gasteiger partial charge in [0.05, 0.1) is 21.9 Å². The minimum absolute atomic E-state index is 0.00669. The fourth-order valence-electron chi connectivity index (χ4n) is 3.51. The lowest BCUT2D eigenvalue weighted by atomic mass is 10.0. The summed E-state index contributed by atoms with van der Waals surface area (Å²) < 4.78 is 5.64. The van der Waals surface area contributed by atoms with Crippen molar-refractivity contribution in [2.24, 2.45) is 0 Å². The van der Waals surface area contributed by atoms with E-state index in [1.54, 1.807) is 12.3 Å². The number of benzene rings is 1. The van der Waals surface area contributed by atoms with Gasteiger partial charge in [-0.2, -0.15) is 4.98 Å². The molecule has 1 aliphatic rings. The highest BCUT2D eigenvalue weighted by atomic mass is 35.5. The Hall–Kier alpha value is -3.93. The zero-order valence-corrected chi connectivity index (χ0v) is 17.2. The van der Waals surface area contributed by atoms with Crippen molar-refractivity contribution in [3.05, 3.63) is 57.5 Å². The first-order valence-corrected chi connectivity index (χ1v) is 9.90. The fourth-order valence-corrected chi connectivity index (χ4v) is 3.68. The number of nitro benzene ring substituents is 1. The van der Waals surface area contributed by atoms with Crippen LogP contribution in [0.25, 0.3) is 11.0 Å². The largest absolute Gasteiger partial charge is 0.465 e. The molecule has 13 heteroatoms. The summed E-state index contributed by atoms with van der Waals surface area (Å²) in [4.78, 5) is 46.8. The molecule has 2 atom stereocenters. The maximum Gasteiger partial charge on any atom is 0.407 e. The Kier molecular flexibility index (Phi) is 5.77. The first-order chi connectivity index (χ1) is 15.3. The zero-order valence-electron chi connectivity index (χ0n) is 16.4. The first kappa shape index (κ1) is 21.3. The van der Waals surface area contributed by atoms with Crippen LogP contribution in [0.4, 0.5) is 16.3 Å². The van der Waals surface area contributed by atoms with E-state index in [4.69, 9.17) is 16.3 Å². The lowest BCUT2D eigenvalue weighted by Gasteiger charge is -2.37. The predicted octanol–water partition coefficient (Wildman–Crippen LogP) is 2.91. The molecule has 166 valence electrons. The van der Waals surface area contributed by atoms with Crippen LogP contribution in [0, 0.1) is 10.1 Å². The second-order valence-electron chi connectivity index (χ2n) is 7.10. The first-order valence-electron chi connectivity index (χ1n) is 9.52. The lowest BCUT2D eigenvalue weighted by molar-refractivity contribution is -0.384. The summed E-state index contributed by atoms with van der Waals surface area (Å²) in [5.74, 6) is -0.303. The van der Waals surface area contributed by atoms with Crippen LogP contribution >= 0.6 is 11.6 Å². The molecular formula is C19H17ClN6O6. The Morgan fingerprint density at radius 3 is 2.72 bits per heavy atom. The van der Waals surface area contributed by atoms with E-state index >= 15 is 0 Å². The average molecular weight is 461 g/mol. The number of ether oxygens (including phenoxy) is 1. The molecule has 3 heterocycles. The summed E-state index contributed by atoms with van der Waals surface area (Å²) in [5, 5.41) is 24.0. The van der Waals surface area contributed by atoms with E-state index < -0.39 is 29.1 Å². The summed E-state index contributed by atoms with van der Waals surface area (Å²) in [6.45, 7) is 0.219. The van der Waals surface area contributed by atoms with Gasteiger partial charge in [-0.1, -0.05) is 0 Å². The standard InChI is InChI=1S/C19H17ClN6O6/c20-18-23-15-12(5-7-21-15)16(24-18)22-13-9-25(19(28)29)8-6-14(13)32-17(27)10-1-3-11(4-2-10)26(30)31/h1-5,7,13-14H,6,8-9H2,(H,28,29)(H2,21,22,23,24). The van der Waals surface area contributed by atoms with Crippen molar-refractivity contribution >= 4 is 46.2 Å². The van der Waals surface area contributed by atoms with Crippen molar-refractivity contribution < 1.29 is 24.4 Å². The van der Waals surface area contributed by atoms with Crippen LogP contribution in [0.1, 0.15) is 16.8 Å². The number of nitrogens with zero attached hydrogens (tertiary/aromatic N) is 4. The topological polar surface area (TPSA) is 164 Å². The summed E-state index contributed by atoms with van der Waals surface area (Å²) in [7, 11) is 0. The average Bonchev–Trinajstić information content (AvgIpc) is 3.23. The number of hydrogen-bond donors (Lipinski definition) is 3. The number of piperidine rings is 1. The van der Waals surface area contributed by atoms with Gasteiger partial charge in [0.25, 0.3) is 5.69 Å². The molecule has 1 aliphatic heterocycles. The number of aromatic amines is 1. The molecule has 1 saturated heterocycles. The van der Waals surface area contributed by atoms with Gasteiger partial charge in [0, 0.05) is 37.8 Å². The summed E-state index contributed by atoms with van der Waals surface area (Å²) >= 11 is 5.99. The number of aromatic nitrogens is 3. The number of halogens is 1. The third-order valence-electron chi connectivity index (χ3n) is 5.10. The number of amides is 1. The Balaban J connectivity index is 1.56. The van der Waals surface area contributed by atoms with E-state index in [-0.39, 0.29) is 36.0 Å². The number of carbonyl (C=O) groups is 2. The molecule has 32 heavy (non-hydrogen) atoms. The second kappa shape index (κ2) is 8.67. The van der Waals surface area contributed by atoms with Gasteiger partial charge in [0.15, 0.2) is 0 Å². The van der Waals surface area contributed by atoms with Crippen molar-refractivity contribution in [2.45, 2.75) is 18.6 Å². The molecule has 3 aromatic rings. The molecule has 0 bridgehead atoms. The number of fused-ring (bicyclic) bond motifs is 1. The predicted molar refractivity (Wildman–Crippen MR) is 113 cm³/mol. The van der Waals surface area contributed by atoms with Crippen LogP contribution in [-0.4, -0.2) is 67.2 Å². The van der Waals surface area contributed by atoms with E-state index in [0.717, 1.165) is 0 Å². The molecule has 1 fully saturated rings. The number of likely N-dealkylation sites (tertiary alicyclic amines) is 1. The lowest BCUT2D eigenvalue weighted by Crippen LogP contribution is -2.53. The van der Waals surface area contributed by atoms with Gasteiger partial charge in [-0.25, -0.2) is 14.6 Å². The normalized spacial score (nSPS) is 18.3. The molecule has 0 saturated carbocycles. The van der Waals surface area contributed by atoms with Gasteiger partial charge in [0.1, 0.15) is 17.6 Å². The van der Waals surface area contributed by atoms with Crippen molar-refractivity contribution in [2.75, 3.05) is 18.4 Å². The highest BCUT2D eigenvalue weighted by molar-refractivity contribution is 6.28. The number of non-ortho nitro benzene ring substituents is 1. The zero-order chi connectivity index (χ0) is 22.8. The molecular weight excluding hydrogens is 444 g/mol. The minimum atomic E-state index is -1.09. The van der Waals surface area contributed by atoms with E-state index in [0.29, 0.717) is 16.9 Å². The number of nitrogens with one attached hydrogen (secondary N) is 2.